The number of nitrogens with zero attached hydrogens (tertiary/aromatic N) is 1. The van der Waals surface area contributed by atoms with Crippen molar-refractivity contribution in [3.63, 3.8) is 0 Å². The van der Waals surface area contributed by atoms with Gasteiger partial charge in [0.1, 0.15) is 36.0 Å². The smallest absolute Gasteiger partial charge is 0.126 e. The maximum absolute atomic E-state index is 9.44. The molecule has 0 aromatic rings. The number of aliphatic hydroxyl groups excluding tert-OH is 5. The monoisotopic (exact) mass is 311 g/mol. The fourth-order valence-corrected chi connectivity index (χ4v) is 0.694. The maximum Gasteiger partial charge on any atom is 0.126 e. The van der Waals surface area contributed by atoms with Crippen molar-refractivity contribution in [1.29, 1.82) is 0 Å². The van der Waals surface area contributed by atoms with Crippen LogP contribution in [0.2, 0.25) is 0 Å². The molecule has 0 saturated heterocycles. The lowest BCUT2D eigenvalue weighted by atomic mass is 10.0. The zero-order valence-corrected chi connectivity index (χ0v) is 12.5. The van der Waals surface area contributed by atoms with Crippen LogP contribution in [0.5, 0.6) is 0 Å². The number of ketones is 2. The molecule has 0 aromatic heterocycles. The molecular weight excluding hydrogens is 286 g/mol. The molecule has 0 heterocycles. The normalized spacial score (nSPS) is 15.7. The van der Waals surface area contributed by atoms with E-state index in [4.69, 9.17) is 30.7 Å². The van der Waals surface area contributed by atoms with E-state index >= 15 is 0 Å². The van der Waals surface area contributed by atoms with Crippen molar-refractivity contribution in [2.24, 2.45) is 5.16 Å². The first-order valence-corrected chi connectivity index (χ1v) is 5.96. The predicted octanol–water partition coefficient (Wildman–Crippen LogP) is -1.93. The van der Waals surface area contributed by atoms with Gasteiger partial charge in [-0.25, -0.2) is 0 Å². The Hall–Kier alpha value is -1.39. The Kier molecular flexibility index (Phi) is 17.6. The van der Waals surface area contributed by atoms with E-state index in [2.05, 4.69) is 5.16 Å². The lowest BCUT2D eigenvalue weighted by molar-refractivity contribution is -0.115. The van der Waals surface area contributed by atoms with Crippen molar-refractivity contribution in [2.75, 3.05) is 6.61 Å². The van der Waals surface area contributed by atoms with E-state index < -0.39 is 31.0 Å². The standard InChI is InChI=1S/C6H13NO6.2C3H6O/c8-2-4(10)6(12)5(11)3(9)1-7-13;2*1-3(2)4/h1,3-6,8-13H,2H2;2*1-2H3/t3-,4-,5-,6-;;/m1../s1. The van der Waals surface area contributed by atoms with Crippen LogP contribution in [-0.4, -0.2) is 79.5 Å². The van der Waals surface area contributed by atoms with Gasteiger partial charge in [-0.3, -0.25) is 0 Å². The van der Waals surface area contributed by atoms with Gasteiger partial charge in [-0.1, -0.05) is 5.16 Å². The highest BCUT2D eigenvalue weighted by atomic mass is 16.4. The first kappa shape index (κ1) is 24.6. The molecule has 0 spiro atoms. The molecule has 0 aromatic carbocycles. The first-order chi connectivity index (χ1) is 9.50. The minimum absolute atomic E-state index is 0.167. The molecular formula is C12H25NO8. The average molecular weight is 311 g/mol. The number of hydrogen-bond acceptors (Lipinski definition) is 9. The lowest BCUT2D eigenvalue weighted by Gasteiger charge is -2.23. The molecule has 0 aliphatic heterocycles. The van der Waals surface area contributed by atoms with Crippen molar-refractivity contribution < 1.29 is 40.3 Å². The summed E-state index contributed by atoms with van der Waals surface area (Å²) in [5, 5.41) is 54.6. The van der Waals surface area contributed by atoms with Crippen LogP contribution in [0.4, 0.5) is 0 Å². The van der Waals surface area contributed by atoms with Crippen LogP contribution in [0.3, 0.4) is 0 Å². The van der Waals surface area contributed by atoms with Crippen LogP contribution in [0, 0.1) is 0 Å². The second-order valence-electron chi connectivity index (χ2n) is 4.30. The molecule has 0 saturated carbocycles. The van der Waals surface area contributed by atoms with E-state index in [-0.39, 0.29) is 11.6 Å². The van der Waals surface area contributed by atoms with Crippen molar-refractivity contribution >= 4 is 17.8 Å². The molecule has 0 rings (SSSR count). The fourth-order valence-electron chi connectivity index (χ4n) is 0.694. The van der Waals surface area contributed by atoms with E-state index in [1.807, 2.05) is 0 Å². The molecule has 0 unspecified atom stereocenters. The Labute approximate surface area is 123 Å². The second kappa shape index (κ2) is 15.0. The minimum Gasteiger partial charge on any atom is -0.411 e. The number of carbonyl (C=O) groups excluding carboxylic acids is 2. The van der Waals surface area contributed by atoms with Crippen LogP contribution in [0.25, 0.3) is 0 Å². The molecule has 9 heteroatoms. The van der Waals surface area contributed by atoms with Crippen LogP contribution in [0.15, 0.2) is 5.16 Å². The first-order valence-electron chi connectivity index (χ1n) is 5.96. The van der Waals surface area contributed by atoms with Gasteiger partial charge in [0.15, 0.2) is 0 Å². The summed E-state index contributed by atoms with van der Waals surface area (Å²) in [4.78, 5) is 18.9. The Bertz CT molecular complexity index is 288. The quantitative estimate of drug-likeness (QED) is 0.194. The van der Waals surface area contributed by atoms with E-state index in [9.17, 15) is 9.59 Å². The summed E-state index contributed by atoms with van der Waals surface area (Å²) in [6.45, 7) is 5.36. The van der Waals surface area contributed by atoms with Gasteiger partial charge < -0.3 is 40.3 Å². The van der Waals surface area contributed by atoms with Crippen molar-refractivity contribution in [2.45, 2.75) is 52.1 Å². The summed E-state index contributed by atoms with van der Waals surface area (Å²) in [7, 11) is 0. The summed E-state index contributed by atoms with van der Waals surface area (Å²) in [5.74, 6) is 0.333. The molecule has 0 radical (unpaired) electrons. The fraction of sp³-hybridized carbons (Fsp3) is 0.750. The van der Waals surface area contributed by atoms with Crippen LogP contribution < -0.4 is 0 Å². The number of rotatable bonds is 5. The molecule has 0 amide bonds. The largest absolute Gasteiger partial charge is 0.411 e. The summed E-state index contributed by atoms with van der Waals surface area (Å²) in [5.41, 5.74) is 0. The van der Waals surface area contributed by atoms with Gasteiger partial charge in [0, 0.05) is 0 Å². The Morgan fingerprint density at radius 1 is 0.952 bits per heavy atom. The highest BCUT2D eigenvalue weighted by Gasteiger charge is 2.29. The van der Waals surface area contributed by atoms with E-state index in [1.165, 1.54) is 27.7 Å². The van der Waals surface area contributed by atoms with Crippen molar-refractivity contribution in [3.8, 4) is 0 Å². The molecule has 0 fully saturated rings. The predicted molar refractivity (Wildman–Crippen MR) is 74.1 cm³/mol. The average Bonchev–Trinajstić information content (AvgIpc) is 2.35. The highest BCUT2D eigenvalue weighted by Crippen LogP contribution is 2.03. The third-order valence-corrected chi connectivity index (χ3v) is 1.50. The number of hydrogen-bond donors (Lipinski definition) is 6. The van der Waals surface area contributed by atoms with Crippen LogP contribution >= 0.6 is 0 Å². The van der Waals surface area contributed by atoms with Gasteiger partial charge in [0.2, 0.25) is 0 Å². The second-order valence-corrected chi connectivity index (χ2v) is 4.30. The van der Waals surface area contributed by atoms with Crippen LogP contribution in [0.1, 0.15) is 27.7 Å². The third-order valence-electron chi connectivity index (χ3n) is 1.50. The summed E-state index contributed by atoms with van der Waals surface area (Å²) in [6.07, 6.45) is -6.02. The van der Waals surface area contributed by atoms with Gasteiger partial charge in [-0.15, -0.1) is 0 Å². The Balaban J connectivity index is -0.000000334. The number of oxime groups is 1. The number of carbonyl (C=O) groups is 2. The molecule has 21 heavy (non-hydrogen) atoms. The molecule has 126 valence electrons. The van der Waals surface area contributed by atoms with Gasteiger partial charge >= 0.3 is 0 Å². The lowest BCUT2D eigenvalue weighted by Crippen LogP contribution is -2.46. The van der Waals surface area contributed by atoms with Crippen molar-refractivity contribution in [1.82, 2.24) is 0 Å². The topological polar surface area (TPSA) is 168 Å². The molecule has 0 aliphatic carbocycles. The van der Waals surface area contributed by atoms with Gasteiger partial charge in [-0.2, -0.15) is 0 Å². The summed E-state index contributed by atoms with van der Waals surface area (Å²) >= 11 is 0. The van der Waals surface area contributed by atoms with E-state index in [0.29, 0.717) is 6.21 Å². The molecule has 9 nitrogen and oxygen atoms in total. The van der Waals surface area contributed by atoms with E-state index in [1.54, 1.807) is 0 Å². The minimum atomic E-state index is -1.72. The number of aliphatic hydroxyl groups is 5. The highest BCUT2D eigenvalue weighted by molar-refractivity contribution is 5.72. The Morgan fingerprint density at radius 3 is 1.52 bits per heavy atom. The van der Waals surface area contributed by atoms with Gasteiger partial charge in [0.25, 0.3) is 0 Å². The summed E-state index contributed by atoms with van der Waals surface area (Å²) < 4.78 is 0. The zero-order chi connectivity index (χ0) is 17.6. The van der Waals surface area contributed by atoms with E-state index in [0.717, 1.165) is 0 Å². The maximum atomic E-state index is 9.44. The van der Waals surface area contributed by atoms with Crippen molar-refractivity contribution in [3.05, 3.63) is 0 Å². The SMILES string of the molecule is CC(C)=O.CC(C)=O.OC[C@@H](O)[C@@H](O)[C@H](O)[C@H](O)C=NO. The van der Waals surface area contributed by atoms with Gasteiger partial charge in [0.05, 0.1) is 12.8 Å². The molecule has 0 bridgehead atoms. The summed E-state index contributed by atoms with van der Waals surface area (Å²) in [6, 6.07) is 0. The number of Topliss-reactive ketones (excluding diaryl/α,β-unsaturated/α-hetero) is 2. The zero-order valence-electron chi connectivity index (χ0n) is 12.5. The third kappa shape index (κ3) is 21.1. The molecule has 0 aliphatic rings. The Morgan fingerprint density at radius 2 is 1.29 bits per heavy atom. The molecule has 4 atom stereocenters. The van der Waals surface area contributed by atoms with Gasteiger partial charge in [-0.05, 0) is 27.7 Å². The van der Waals surface area contributed by atoms with Crippen LogP contribution in [-0.2, 0) is 9.59 Å². The molecule has 6 N–H and O–H groups in total.